The normalized spacial score (nSPS) is 18.5. The summed E-state index contributed by atoms with van der Waals surface area (Å²) in [6, 6.07) is 13.7. The Labute approximate surface area is 197 Å². The van der Waals surface area contributed by atoms with Gasteiger partial charge in [-0.1, -0.05) is 12.1 Å². The summed E-state index contributed by atoms with van der Waals surface area (Å²) in [4.78, 5) is 35.7. The van der Waals surface area contributed by atoms with Crippen LogP contribution in [0.2, 0.25) is 0 Å². The van der Waals surface area contributed by atoms with Gasteiger partial charge in [0.1, 0.15) is 11.6 Å². The Balaban J connectivity index is 1.23. The van der Waals surface area contributed by atoms with E-state index in [0.29, 0.717) is 31.9 Å². The SMILES string of the molecule is COc1cccc(-n2ccnc2N2CCN(C(=O)C3CC(=O)N(c4cccc(F)c4)C3)CC2)c1. The van der Waals surface area contributed by atoms with Crippen molar-refractivity contribution in [2.75, 3.05) is 49.6 Å². The first kappa shape index (κ1) is 21.9. The number of nitrogens with zero attached hydrogens (tertiary/aromatic N) is 5. The van der Waals surface area contributed by atoms with Crippen LogP contribution in [-0.4, -0.2) is 66.1 Å². The van der Waals surface area contributed by atoms with E-state index in [9.17, 15) is 14.0 Å². The maximum Gasteiger partial charge on any atom is 0.228 e. The molecule has 0 N–H and O–H groups in total. The van der Waals surface area contributed by atoms with Crippen LogP contribution in [0.3, 0.4) is 0 Å². The zero-order chi connectivity index (χ0) is 23.7. The molecule has 34 heavy (non-hydrogen) atoms. The van der Waals surface area contributed by atoms with Gasteiger partial charge in [0.2, 0.25) is 17.8 Å². The van der Waals surface area contributed by atoms with E-state index >= 15 is 0 Å². The fourth-order valence-corrected chi connectivity index (χ4v) is 4.64. The van der Waals surface area contributed by atoms with Gasteiger partial charge in [0.25, 0.3) is 0 Å². The zero-order valence-electron chi connectivity index (χ0n) is 18.9. The molecule has 2 amide bonds. The van der Waals surface area contributed by atoms with Crippen molar-refractivity contribution in [1.29, 1.82) is 0 Å². The lowest BCUT2D eigenvalue weighted by molar-refractivity contribution is -0.136. The molecular weight excluding hydrogens is 437 g/mol. The van der Waals surface area contributed by atoms with Crippen molar-refractivity contribution < 1.29 is 18.7 Å². The third-order valence-corrected chi connectivity index (χ3v) is 6.42. The number of benzene rings is 2. The highest BCUT2D eigenvalue weighted by molar-refractivity contribution is 6.00. The lowest BCUT2D eigenvalue weighted by Gasteiger charge is -2.36. The molecule has 2 aromatic carbocycles. The van der Waals surface area contributed by atoms with E-state index < -0.39 is 11.7 Å². The molecule has 2 aliphatic rings. The molecule has 0 radical (unpaired) electrons. The van der Waals surface area contributed by atoms with Crippen LogP contribution >= 0.6 is 0 Å². The van der Waals surface area contributed by atoms with Crippen LogP contribution < -0.4 is 14.5 Å². The van der Waals surface area contributed by atoms with Crippen LogP contribution in [0.1, 0.15) is 6.42 Å². The van der Waals surface area contributed by atoms with Gasteiger partial charge in [0.05, 0.1) is 18.7 Å². The topological polar surface area (TPSA) is 70.9 Å². The Morgan fingerprint density at radius 3 is 2.59 bits per heavy atom. The lowest BCUT2D eigenvalue weighted by Crippen LogP contribution is -2.51. The fourth-order valence-electron chi connectivity index (χ4n) is 4.64. The number of anilines is 2. The molecule has 1 atom stereocenters. The van der Waals surface area contributed by atoms with E-state index in [1.54, 1.807) is 25.4 Å². The van der Waals surface area contributed by atoms with E-state index in [2.05, 4.69) is 9.88 Å². The summed E-state index contributed by atoms with van der Waals surface area (Å²) in [6.07, 6.45) is 3.82. The Morgan fingerprint density at radius 1 is 1.06 bits per heavy atom. The van der Waals surface area contributed by atoms with Crippen LogP contribution in [-0.2, 0) is 9.59 Å². The van der Waals surface area contributed by atoms with Gasteiger partial charge in [-0.3, -0.25) is 14.2 Å². The van der Waals surface area contributed by atoms with Crippen LogP contribution in [0.4, 0.5) is 16.0 Å². The first-order chi connectivity index (χ1) is 16.5. The number of hydrogen-bond donors (Lipinski definition) is 0. The van der Waals surface area contributed by atoms with E-state index in [0.717, 1.165) is 17.4 Å². The van der Waals surface area contributed by atoms with E-state index in [-0.39, 0.29) is 24.8 Å². The number of rotatable bonds is 5. The van der Waals surface area contributed by atoms with Gasteiger partial charge in [0.15, 0.2) is 0 Å². The molecule has 176 valence electrons. The smallest absolute Gasteiger partial charge is 0.228 e. The molecule has 2 fully saturated rings. The van der Waals surface area contributed by atoms with Crippen LogP contribution in [0.15, 0.2) is 60.9 Å². The summed E-state index contributed by atoms with van der Waals surface area (Å²) in [6.45, 7) is 2.66. The monoisotopic (exact) mass is 463 g/mol. The van der Waals surface area contributed by atoms with Crippen molar-refractivity contribution in [1.82, 2.24) is 14.5 Å². The number of carbonyl (C=O) groups is 2. The molecule has 1 aromatic heterocycles. The number of amides is 2. The largest absolute Gasteiger partial charge is 0.497 e. The van der Waals surface area contributed by atoms with Crippen LogP contribution in [0.5, 0.6) is 5.75 Å². The summed E-state index contributed by atoms with van der Waals surface area (Å²) in [5, 5.41) is 0. The van der Waals surface area contributed by atoms with Crippen LogP contribution in [0, 0.1) is 11.7 Å². The predicted molar refractivity (Wildman–Crippen MR) is 126 cm³/mol. The Kier molecular flexibility index (Phi) is 5.91. The molecule has 8 nitrogen and oxygen atoms in total. The second kappa shape index (κ2) is 9.17. The van der Waals surface area contributed by atoms with E-state index in [4.69, 9.17) is 4.74 Å². The minimum Gasteiger partial charge on any atom is -0.497 e. The Bertz CT molecular complexity index is 1200. The lowest BCUT2D eigenvalue weighted by atomic mass is 10.1. The standard InChI is InChI=1S/C25H26FN5O3/c1-34-22-7-3-6-21(16-22)30-9-8-27-25(30)29-12-10-28(11-13-29)24(33)18-14-23(32)31(17-18)20-5-2-4-19(26)15-20/h2-9,15-16,18H,10-14,17H2,1H3. The third-order valence-electron chi connectivity index (χ3n) is 6.42. The Hall–Kier alpha value is -3.88. The molecule has 1 unspecified atom stereocenters. The molecular formula is C25H26FN5O3. The molecule has 2 aliphatic heterocycles. The fraction of sp³-hybridized carbons (Fsp3) is 0.320. The Morgan fingerprint density at radius 2 is 1.82 bits per heavy atom. The number of ether oxygens (including phenoxy) is 1. The number of aromatic nitrogens is 2. The summed E-state index contributed by atoms with van der Waals surface area (Å²) < 4.78 is 20.9. The number of imidazole rings is 1. The van der Waals surface area contributed by atoms with Crippen molar-refractivity contribution >= 4 is 23.5 Å². The number of methoxy groups -OCH3 is 1. The quantitative estimate of drug-likeness (QED) is 0.582. The maximum atomic E-state index is 13.6. The number of halogens is 1. The van der Waals surface area contributed by atoms with Crippen molar-refractivity contribution in [3.63, 3.8) is 0 Å². The summed E-state index contributed by atoms with van der Waals surface area (Å²) in [5.41, 5.74) is 1.45. The van der Waals surface area contributed by atoms with Gasteiger partial charge in [-0.15, -0.1) is 0 Å². The van der Waals surface area contributed by atoms with Gasteiger partial charge < -0.3 is 19.4 Å². The minimum absolute atomic E-state index is 0.0250. The molecule has 0 saturated carbocycles. The van der Waals surface area contributed by atoms with Gasteiger partial charge in [-0.2, -0.15) is 0 Å². The van der Waals surface area contributed by atoms with Crippen molar-refractivity contribution in [3.8, 4) is 11.4 Å². The number of carbonyl (C=O) groups excluding carboxylic acids is 2. The third kappa shape index (κ3) is 4.21. The number of piperazine rings is 1. The van der Waals surface area contributed by atoms with Gasteiger partial charge >= 0.3 is 0 Å². The van der Waals surface area contributed by atoms with Gasteiger partial charge in [-0.25, -0.2) is 9.37 Å². The number of hydrogen-bond acceptors (Lipinski definition) is 5. The molecule has 0 spiro atoms. The van der Waals surface area contributed by atoms with Gasteiger partial charge in [-0.05, 0) is 30.3 Å². The van der Waals surface area contributed by atoms with Gasteiger partial charge in [0, 0.05) is 63.3 Å². The highest BCUT2D eigenvalue weighted by atomic mass is 19.1. The first-order valence-corrected chi connectivity index (χ1v) is 11.3. The maximum absolute atomic E-state index is 13.6. The average Bonchev–Trinajstić information content (AvgIpc) is 3.51. The summed E-state index contributed by atoms with van der Waals surface area (Å²) in [5.74, 6) is 0.593. The van der Waals surface area contributed by atoms with E-state index in [1.807, 2.05) is 39.9 Å². The molecule has 0 aliphatic carbocycles. The highest BCUT2D eigenvalue weighted by Crippen LogP contribution is 2.28. The molecule has 5 rings (SSSR count). The predicted octanol–water partition coefficient (Wildman–Crippen LogP) is 2.72. The molecule has 0 bridgehead atoms. The molecule has 3 heterocycles. The second-order valence-electron chi connectivity index (χ2n) is 8.50. The minimum atomic E-state index is -0.416. The molecule has 2 saturated heterocycles. The zero-order valence-corrected chi connectivity index (χ0v) is 18.9. The summed E-state index contributed by atoms with van der Waals surface area (Å²) in [7, 11) is 1.64. The first-order valence-electron chi connectivity index (χ1n) is 11.3. The average molecular weight is 464 g/mol. The van der Waals surface area contributed by atoms with E-state index in [1.165, 1.54) is 17.0 Å². The molecule has 9 heteroatoms. The molecule has 3 aromatic rings. The van der Waals surface area contributed by atoms with Crippen LogP contribution in [0.25, 0.3) is 5.69 Å². The summed E-state index contributed by atoms with van der Waals surface area (Å²) >= 11 is 0. The van der Waals surface area contributed by atoms with Crippen molar-refractivity contribution in [3.05, 3.63) is 66.7 Å². The van der Waals surface area contributed by atoms with Crippen molar-refractivity contribution in [2.24, 2.45) is 5.92 Å². The second-order valence-corrected chi connectivity index (χ2v) is 8.50. The highest BCUT2D eigenvalue weighted by Gasteiger charge is 2.38. The van der Waals surface area contributed by atoms with Crippen molar-refractivity contribution in [2.45, 2.75) is 6.42 Å².